The normalized spacial score (nSPS) is 22.1. The molecular weight excluding hydrogens is 512 g/mol. The van der Waals surface area contributed by atoms with Crippen LogP contribution in [0.15, 0.2) is 36.7 Å². The number of pyridine rings is 2. The van der Waals surface area contributed by atoms with Crippen molar-refractivity contribution in [3.8, 4) is 11.1 Å². The van der Waals surface area contributed by atoms with Gasteiger partial charge in [0.05, 0.1) is 28.4 Å². The van der Waals surface area contributed by atoms with Crippen LogP contribution in [-0.2, 0) is 27.0 Å². The second kappa shape index (κ2) is 8.79. The number of carbonyl (C=O) groups is 1. The number of hydrogen-bond donors (Lipinski definition) is 2. The van der Waals surface area contributed by atoms with E-state index in [0.717, 1.165) is 96.3 Å². The molecular formula is C29H34N6O3S. The van der Waals surface area contributed by atoms with Gasteiger partial charge in [-0.25, -0.2) is 13.9 Å². The third-order valence-corrected chi connectivity index (χ3v) is 9.96. The number of amides is 1. The maximum atomic E-state index is 13.1. The summed E-state index contributed by atoms with van der Waals surface area (Å²) in [6, 6.07) is 8.93. The van der Waals surface area contributed by atoms with Crippen LogP contribution >= 0.6 is 0 Å². The Labute approximate surface area is 231 Å². The lowest BCUT2D eigenvalue weighted by atomic mass is 9.92. The molecule has 1 saturated heterocycles. The number of anilines is 2. The molecule has 2 N–H and O–H groups in total. The number of aromatic nitrogens is 2. The van der Waals surface area contributed by atoms with Crippen LogP contribution in [-0.4, -0.2) is 69.8 Å². The van der Waals surface area contributed by atoms with Crippen LogP contribution in [0.25, 0.3) is 22.0 Å². The number of likely N-dealkylation sites (N-methyl/N-ethyl adjacent to an activating group) is 1. The van der Waals surface area contributed by atoms with Gasteiger partial charge in [-0.05, 0) is 76.4 Å². The molecule has 10 heteroatoms. The zero-order valence-electron chi connectivity index (χ0n) is 22.6. The summed E-state index contributed by atoms with van der Waals surface area (Å²) in [7, 11) is 6.10. The minimum Gasteiger partial charge on any atom is -0.356 e. The van der Waals surface area contributed by atoms with E-state index in [9.17, 15) is 13.6 Å². The van der Waals surface area contributed by atoms with Crippen LogP contribution in [0.5, 0.6) is 0 Å². The number of carbonyl (C=O) groups excluding carboxylic acids is 1. The maximum Gasteiger partial charge on any atom is 0.237 e. The van der Waals surface area contributed by atoms with E-state index < -0.39 is 22.2 Å². The highest BCUT2D eigenvalue weighted by Gasteiger charge is 2.59. The van der Waals surface area contributed by atoms with Crippen LogP contribution in [0.4, 0.5) is 11.5 Å². The van der Waals surface area contributed by atoms with E-state index in [1.807, 2.05) is 25.5 Å². The molecule has 0 radical (unpaired) electrons. The summed E-state index contributed by atoms with van der Waals surface area (Å²) in [5.41, 5.74) is 4.88. The van der Waals surface area contributed by atoms with E-state index >= 15 is 0 Å². The zero-order chi connectivity index (χ0) is 27.1. The molecule has 2 aromatic heterocycles. The summed E-state index contributed by atoms with van der Waals surface area (Å²) in [5.74, 6) is 1.07. The number of fused-ring (bicyclic) bond motifs is 4. The molecule has 1 amide bonds. The van der Waals surface area contributed by atoms with Crippen molar-refractivity contribution in [1.29, 1.82) is 0 Å². The predicted octanol–water partition coefficient (Wildman–Crippen LogP) is 3.55. The first-order chi connectivity index (χ1) is 18.7. The molecule has 2 saturated carbocycles. The highest BCUT2D eigenvalue weighted by Crippen LogP contribution is 2.59. The zero-order valence-corrected chi connectivity index (χ0v) is 23.4. The van der Waals surface area contributed by atoms with Gasteiger partial charge in [-0.1, -0.05) is 6.07 Å². The highest BCUT2D eigenvalue weighted by molar-refractivity contribution is 7.77. The summed E-state index contributed by atoms with van der Waals surface area (Å²) in [6.45, 7) is 1.80. The van der Waals surface area contributed by atoms with E-state index in [1.165, 1.54) is 0 Å². The van der Waals surface area contributed by atoms with Crippen molar-refractivity contribution in [1.82, 2.24) is 19.6 Å². The SMILES string of the molecule is CN1C(=O)C2(CC2)c2c1cnc1ccc(-c3cnc(N4CCC(N(C)C)CC4)c(C4(NS(=O)O)CC4)c3)cc21. The third kappa shape index (κ3) is 3.91. The Morgan fingerprint density at radius 1 is 1.05 bits per heavy atom. The monoisotopic (exact) mass is 546 g/mol. The van der Waals surface area contributed by atoms with Crippen molar-refractivity contribution in [2.75, 3.05) is 44.0 Å². The van der Waals surface area contributed by atoms with Crippen molar-refractivity contribution in [3.05, 3.63) is 47.8 Å². The van der Waals surface area contributed by atoms with Crippen LogP contribution in [0.3, 0.4) is 0 Å². The fourth-order valence-corrected chi connectivity index (χ4v) is 7.43. The van der Waals surface area contributed by atoms with Crippen molar-refractivity contribution >= 4 is 39.6 Å². The average molecular weight is 547 g/mol. The Morgan fingerprint density at radius 3 is 2.44 bits per heavy atom. The first-order valence-electron chi connectivity index (χ1n) is 13.7. The second-order valence-electron chi connectivity index (χ2n) is 11.9. The number of nitrogens with zero attached hydrogens (tertiary/aromatic N) is 5. The molecule has 7 rings (SSSR count). The molecule has 1 aromatic carbocycles. The summed E-state index contributed by atoms with van der Waals surface area (Å²) in [5, 5.41) is 1.02. The number of benzene rings is 1. The van der Waals surface area contributed by atoms with E-state index in [1.54, 1.807) is 4.90 Å². The fraction of sp³-hybridized carbons (Fsp3) is 0.483. The Bertz CT molecular complexity index is 1520. The van der Waals surface area contributed by atoms with Crippen molar-refractivity contribution in [2.24, 2.45) is 0 Å². The fourth-order valence-electron chi connectivity index (χ4n) is 6.78. The van der Waals surface area contributed by atoms with Crippen LogP contribution in [0, 0.1) is 0 Å². The predicted molar refractivity (Wildman–Crippen MR) is 153 cm³/mol. The molecule has 1 spiro atoms. The average Bonchev–Trinajstić information content (AvgIpc) is 3.87. The van der Waals surface area contributed by atoms with E-state index in [0.29, 0.717) is 6.04 Å². The minimum absolute atomic E-state index is 0.169. The molecule has 4 heterocycles. The number of rotatable bonds is 6. The molecule has 0 bridgehead atoms. The molecule has 2 aliphatic heterocycles. The Balaban J connectivity index is 1.31. The van der Waals surface area contributed by atoms with Gasteiger partial charge in [-0.3, -0.25) is 14.3 Å². The topological polar surface area (TPSA) is 102 Å². The Morgan fingerprint density at radius 2 is 1.79 bits per heavy atom. The lowest BCUT2D eigenvalue weighted by Crippen LogP contribution is -2.43. The van der Waals surface area contributed by atoms with Crippen LogP contribution in [0.1, 0.15) is 49.7 Å². The molecule has 4 aliphatic rings. The largest absolute Gasteiger partial charge is 0.356 e. The number of nitrogens with one attached hydrogen (secondary N) is 1. The van der Waals surface area contributed by atoms with Gasteiger partial charge in [0.1, 0.15) is 5.82 Å². The van der Waals surface area contributed by atoms with Crippen molar-refractivity contribution in [2.45, 2.75) is 55.5 Å². The van der Waals surface area contributed by atoms with Gasteiger partial charge >= 0.3 is 0 Å². The van der Waals surface area contributed by atoms with Gasteiger partial charge < -0.3 is 14.7 Å². The first kappa shape index (κ1) is 25.1. The molecule has 204 valence electrons. The van der Waals surface area contributed by atoms with Gasteiger partial charge in [0.15, 0.2) is 0 Å². The van der Waals surface area contributed by atoms with E-state index in [4.69, 9.17) is 4.98 Å². The van der Waals surface area contributed by atoms with Gasteiger partial charge in [0, 0.05) is 54.5 Å². The van der Waals surface area contributed by atoms with Crippen molar-refractivity contribution < 1.29 is 13.6 Å². The number of piperidine rings is 1. The van der Waals surface area contributed by atoms with Gasteiger partial charge in [-0.15, -0.1) is 0 Å². The quantitative estimate of drug-likeness (QED) is 0.456. The van der Waals surface area contributed by atoms with Crippen LogP contribution in [0.2, 0.25) is 0 Å². The Hall–Kier alpha value is -2.92. The third-order valence-electron chi connectivity index (χ3n) is 9.39. The smallest absolute Gasteiger partial charge is 0.237 e. The molecule has 9 nitrogen and oxygen atoms in total. The van der Waals surface area contributed by atoms with Crippen molar-refractivity contribution in [3.63, 3.8) is 0 Å². The lowest BCUT2D eigenvalue weighted by molar-refractivity contribution is -0.119. The molecule has 3 aromatic rings. The van der Waals surface area contributed by atoms with E-state index in [2.05, 4.69) is 51.8 Å². The maximum absolute atomic E-state index is 13.1. The molecule has 39 heavy (non-hydrogen) atoms. The van der Waals surface area contributed by atoms with Gasteiger partial charge in [0.25, 0.3) is 0 Å². The molecule has 2 aliphatic carbocycles. The summed E-state index contributed by atoms with van der Waals surface area (Å²) >= 11 is -2.12. The highest BCUT2D eigenvalue weighted by atomic mass is 32.2. The molecule has 1 unspecified atom stereocenters. The summed E-state index contributed by atoms with van der Waals surface area (Å²) in [4.78, 5) is 29.1. The summed E-state index contributed by atoms with van der Waals surface area (Å²) in [6.07, 6.45) is 9.20. The second-order valence-corrected chi connectivity index (χ2v) is 12.6. The lowest BCUT2D eigenvalue weighted by Gasteiger charge is -2.37. The molecule has 3 fully saturated rings. The standard InChI is InChI=1S/C29H34N6O3S/c1-33(2)20-6-12-35(13-7-20)26-22(29(10-11-29)32-39(37)38)15-19(16-31-26)18-4-5-23-21(14-18)25-24(17-30-23)34(3)27(36)28(25)8-9-28/h4-5,14-17,20,32H,6-13H2,1-3H3,(H,37,38). The Kier molecular flexibility index (Phi) is 5.65. The van der Waals surface area contributed by atoms with E-state index in [-0.39, 0.29) is 5.91 Å². The first-order valence-corrected chi connectivity index (χ1v) is 14.9. The number of hydrogen-bond acceptors (Lipinski definition) is 6. The van der Waals surface area contributed by atoms with Gasteiger partial charge in [0.2, 0.25) is 17.2 Å². The van der Waals surface area contributed by atoms with Gasteiger partial charge in [-0.2, -0.15) is 0 Å². The minimum atomic E-state index is -2.12. The summed E-state index contributed by atoms with van der Waals surface area (Å²) < 4.78 is 24.6. The van der Waals surface area contributed by atoms with Crippen LogP contribution < -0.4 is 14.5 Å². The molecule has 1 atom stereocenters.